The highest BCUT2D eigenvalue weighted by Crippen LogP contribution is 2.29. The Labute approximate surface area is 155 Å². The minimum absolute atomic E-state index is 0.130. The first-order valence-electron chi connectivity index (χ1n) is 8.19. The van der Waals surface area contributed by atoms with Gasteiger partial charge in [-0.15, -0.1) is 0 Å². The van der Waals surface area contributed by atoms with Gasteiger partial charge in [-0.1, -0.05) is 17.3 Å². The fourth-order valence-corrected chi connectivity index (χ4v) is 2.45. The number of ether oxygens (including phenoxy) is 2. The molecule has 3 rings (SSSR count). The molecule has 1 amide bonds. The quantitative estimate of drug-likeness (QED) is 0.684. The molecule has 0 aliphatic carbocycles. The van der Waals surface area contributed by atoms with Gasteiger partial charge in [0.25, 0.3) is 0 Å². The van der Waals surface area contributed by atoms with Gasteiger partial charge in [0.15, 0.2) is 0 Å². The largest absolute Gasteiger partial charge is 0.497 e. The minimum atomic E-state index is -0.384. The summed E-state index contributed by atoms with van der Waals surface area (Å²) in [5, 5.41) is 6.59. The van der Waals surface area contributed by atoms with Gasteiger partial charge in [-0.25, -0.2) is 4.39 Å². The summed E-state index contributed by atoms with van der Waals surface area (Å²) in [6.45, 7) is 0. The Morgan fingerprint density at radius 1 is 1.19 bits per heavy atom. The van der Waals surface area contributed by atoms with Gasteiger partial charge in [-0.2, -0.15) is 4.98 Å². The number of hydrogen-bond donors (Lipinski definition) is 1. The third-order valence-corrected chi connectivity index (χ3v) is 3.80. The Balaban J connectivity index is 1.62. The molecule has 1 aromatic heterocycles. The number of aromatic nitrogens is 2. The normalized spacial score (nSPS) is 10.5. The van der Waals surface area contributed by atoms with Crippen molar-refractivity contribution in [2.45, 2.75) is 12.8 Å². The predicted octanol–water partition coefficient (Wildman–Crippen LogP) is 3.46. The second kappa shape index (κ2) is 8.31. The Kier molecular flexibility index (Phi) is 5.65. The zero-order valence-corrected chi connectivity index (χ0v) is 14.9. The van der Waals surface area contributed by atoms with Crippen molar-refractivity contribution in [1.29, 1.82) is 0 Å². The van der Waals surface area contributed by atoms with E-state index >= 15 is 0 Å². The molecule has 0 bridgehead atoms. The van der Waals surface area contributed by atoms with E-state index in [-0.39, 0.29) is 30.4 Å². The molecule has 1 heterocycles. The maximum absolute atomic E-state index is 13.3. The van der Waals surface area contributed by atoms with E-state index in [4.69, 9.17) is 14.0 Å². The molecule has 0 atom stereocenters. The molecule has 0 aliphatic rings. The van der Waals surface area contributed by atoms with Crippen LogP contribution >= 0.6 is 0 Å². The Morgan fingerprint density at radius 3 is 2.78 bits per heavy atom. The number of halogens is 1. The van der Waals surface area contributed by atoms with E-state index in [9.17, 15) is 9.18 Å². The number of methoxy groups -OCH3 is 2. The molecule has 0 aliphatic heterocycles. The summed E-state index contributed by atoms with van der Waals surface area (Å²) in [4.78, 5) is 16.4. The molecular formula is C19H18FN3O4. The van der Waals surface area contributed by atoms with Crippen LogP contribution in [0.4, 0.5) is 10.1 Å². The summed E-state index contributed by atoms with van der Waals surface area (Å²) < 4.78 is 28.8. The minimum Gasteiger partial charge on any atom is -0.497 e. The third kappa shape index (κ3) is 4.60. The molecule has 140 valence electrons. The number of carbonyl (C=O) groups is 1. The van der Waals surface area contributed by atoms with E-state index in [0.29, 0.717) is 28.6 Å². The number of aryl methyl sites for hydroxylation is 1. The number of amides is 1. The smallest absolute Gasteiger partial charge is 0.227 e. The van der Waals surface area contributed by atoms with Crippen LogP contribution < -0.4 is 14.8 Å². The monoisotopic (exact) mass is 371 g/mol. The van der Waals surface area contributed by atoms with Crippen LogP contribution in [-0.4, -0.2) is 30.3 Å². The summed E-state index contributed by atoms with van der Waals surface area (Å²) in [5.41, 5.74) is 1.02. The topological polar surface area (TPSA) is 86.5 Å². The van der Waals surface area contributed by atoms with Crippen molar-refractivity contribution in [2.75, 3.05) is 19.5 Å². The molecule has 0 spiro atoms. The lowest BCUT2D eigenvalue weighted by Crippen LogP contribution is -2.13. The van der Waals surface area contributed by atoms with Crippen LogP contribution in [0, 0.1) is 5.82 Å². The van der Waals surface area contributed by atoms with Gasteiger partial charge in [0.05, 0.1) is 19.9 Å². The highest BCUT2D eigenvalue weighted by Gasteiger charge is 2.13. The van der Waals surface area contributed by atoms with Crippen molar-refractivity contribution in [2.24, 2.45) is 0 Å². The molecule has 0 saturated heterocycles. The van der Waals surface area contributed by atoms with Gasteiger partial charge in [-0.3, -0.25) is 4.79 Å². The first-order valence-corrected chi connectivity index (χ1v) is 8.19. The molecule has 2 aromatic carbocycles. The van der Waals surface area contributed by atoms with Crippen molar-refractivity contribution >= 4 is 11.6 Å². The van der Waals surface area contributed by atoms with Crippen LogP contribution in [0.15, 0.2) is 47.0 Å². The van der Waals surface area contributed by atoms with Crippen LogP contribution in [-0.2, 0) is 11.2 Å². The van der Waals surface area contributed by atoms with Gasteiger partial charge in [-0.05, 0) is 24.3 Å². The number of anilines is 1. The zero-order chi connectivity index (χ0) is 19.2. The summed E-state index contributed by atoms with van der Waals surface area (Å²) in [6, 6.07) is 11.0. The third-order valence-electron chi connectivity index (χ3n) is 3.80. The van der Waals surface area contributed by atoms with Gasteiger partial charge >= 0.3 is 0 Å². The molecule has 0 radical (unpaired) electrons. The maximum atomic E-state index is 13.3. The van der Waals surface area contributed by atoms with Gasteiger partial charge < -0.3 is 19.3 Å². The summed E-state index contributed by atoms with van der Waals surface area (Å²) >= 11 is 0. The molecular weight excluding hydrogens is 353 g/mol. The highest BCUT2D eigenvalue weighted by atomic mass is 19.1. The molecule has 7 nitrogen and oxygen atoms in total. The maximum Gasteiger partial charge on any atom is 0.227 e. The average molecular weight is 371 g/mol. The number of hydrogen-bond acceptors (Lipinski definition) is 6. The van der Waals surface area contributed by atoms with E-state index in [1.54, 1.807) is 37.4 Å². The van der Waals surface area contributed by atoms with Crippen molar-refractivity contribution < 1.29 is 23.2 Å². The van der Waals surface area contributed by atoms with Gasteiger partial charge in [0.2, 0.25) is 17.6 Å². The Bertz CT molecular complexity index is 942. The lowest BCUT2D eigenvalue weighted by atomic mass is 10.2. The second-order valence-corrected chi connectivity index (χ2v) is 5.64. The first kappa shape index (κ1) is 18.4. The number of rotatable bonds is 7. The second-order valence-electron chi connectivity index (χ2n) is 5.64. The Hall–Kier alpha value is -3.42. The number of carbonyl (C=O) groups excluding carboxylic acids is 1. The average Bonchev–Trinajstić information content (AvgIpc) is 3.15. The summed E-state index contributed by atoms with van der Waals surface area (Å²) in [6.07, 6.45) is 0.381. The number of benzene rings is 2. The lowest BCUT2D eigenvalue weighted by molar-refractivity contribution is -0.116. The predicted molar refractivity (Wildman–Crippen MR) is 96.2 cm³/mol. The number of nitrogens with zero attached hydrogens (tertiary/aromatic N) is 2. The summed E-state index contributed by atoms with van der Waals surface area (Å²) in [5.74, 6) is 1.07. The van der Waals surface area contributed by atoms with E-state index in [1.165, 1.54) is 19.2 Å². The number of nitrogens with one attached hydrogen (secondary N) is 1. The molecule has 8 heteroatoms. The molecule has 1 N–H and O–H groups in total. The van der Waals surface area contributed by atoms with Crippen LogP contribution in [0.2, 0.25) is 0 Å². The standard InChI is InChI=1S/C19H18FN3O4/c1-25-14-6-7-16(26-2)15(11-14)21-17(24)8-9-18-22-19(23-27-18)12-4-3-5-13(20)10-12/h3-7,10-11H,8-9H2,1-2H3,(H,21,24). The van der Waals surface area contributed by atoms with Crippen LogP contribution in [0.1, 0.15) is 12.3 Å². The molecule has 3 aromatic rings. The summed E-state index contributed by atoms with van der Waals surface area (Å²) in [7, 11) is 3.06. The van der Waals surface area contributed by atoms with Crippen molar-refractivity contribution in [3.63, 3.8) is 0 Å². The van der Waals surface area contributed by atoms with Crippen molar-refractivity contribution in [3.05, 3.63) is 54.2 Å². The molecule has 0 fully saturated rings. The molecule has 0 unspecified atom stereocenters. The lowest BCUT2D eigenvalue weighted by Gasteiger charge is -2.11. The zero-order valence-electron chi connectivity index (χ0n) is 14.9. The highest BCUT2D eigenvalue weighted by molar-refractivity contribution is 5.92. The fraction of sp³-hybridized carbons (Fsp3) is 0.211. The van der Waals surface area contributed by atoms with E-state index in [0.717, 1.165) is 0 Å². The van der Waals surface area contributed by atoms with E-state index in [2.05, 4.69) is 15.5 Å². The molecule has 27 heavy (non-hydrogen) atoms. The van der Waals surface area contributed by atoms with E-state index in [1.807, 2.05) is 0 Å². The first-order chi connectivity index (χ1) is 13.1. The SMILES string of the molecule is COc1ccc(OC)c(NC(=O)CCc2nc(-c3cccc(F)c3)no2)c1. The van der Waals surface area contributed by atoms with Crippen molar-refractivity contribution in [3.8, 4) is 22.9 Å². The van der Waals surface area contributed by atoms with Crippen molar-refractivity contribution in [1.82, 2.24) is 10.1 Å². The van der Waals surface area contributed by atoms with Crippen LogP contribution in [0.25, 0.3) is 11.4 Å². The van der Waals surface area contributed by atoms with Gasteiger partial charge in [0, 0.05) is 24.5 Å². The van der Waals surface area contributed by atoms with Crippen LogP contribution in [0.3, 0.4) is 0 Å². The van der Waals surface area contributed by atoms with Crippen LogP contribution in [0.5, 0.6) is 11.5 Å². The molecule has 0 saturated carbocycles. The Morgan fingerprint density at radius 2 is 2.04 bits per heavy atom. The van der Waals surface area contributed by atoms with E-state index < -0.39 is 0 Å². The fourth-order valence-electron chi connectivity index (χ4n) is 2.45. The van der Waals surface area contributed by atoms with Gasteiger partial charge in [0.1, 0.15) is 17.3 Å².